The summed E-state index contributed by atoms with van der Waals surface area (Å²) in [6.45, 7) is 1.66. The largest absolute Gasteiger partial charge is 0.321 e. The highest BCUT2D eigenvalue weighted by molar-refractivity contribution is 6.37. The van der Waals surface area contributed by atoms with Crippen molar-refractivity contribution in [3.8, 4) is 0 Å². The fraction of sp³-hybridized carbons (Fsp3) is 0.118. The molecule has 6 nitrogen and oxygen atoms in total. The number of carbonyl (C=O) groups excluding carboxylic acids is 3. The normalized spacial score (nSPS) is 10.0. The Kier molecular flexibility index (Phi) is 6.38. The van der Waals surface area contributed by atoms with Crippen LogP contribution in [-0.2, 0) is 4.79 Å². The predicted octanol–water partition coefficient (Wildman–Crippen LogP) is 3.42. The minimum atomic E-state index is -0.556. The number of hydrogen-bond donors (Lipinski definition) is 3. The second-order valence-corrected chi connectivity index (χ2v) is 5.82. The molecule has 130 valence electrons. The summed E-state index contributed by atoms with van der Waals surface area (Å²) in [4.78, 5) is 35.8. The van der Waals surface area contributed by atoms with Crippen LogP contribution >= 0.6 is 23.2 Å². The summed E-state index contributed by atoms with van der Waals surface area (Å²) < 4.78 is 0. The number of nitrogens with one attached hydrogen (secondary N) is 3. The lowest BCUT2D eigenvalue weighted by Crippen LogP contribution is -2.41. The first-order valence-corrected chi connectivity index (χ1v) is 8.12. The van der Waals surface area contributed by atoms with Crippen molar-refractivity contribution >= 4 is 46.6 Å². The van der Waals surface area contributed by atoms with E-state index >= 15 is 0 Å². The maximum atomic E-state index is 12.4. The van der Waals surface area contributed by atoms with Crippen LogP contribution in [0.2, 0.25) is 10.0 Å². The summed E-state index contributed by atoms with van der Waals surface area (Å²) in [6, 6.07) is 10.9. The zero-order chi connectivity index (χ0) is 18.4. The first-order chi connectivity index (χ1) is 11.9. The van der Waals surface area contributed by atoms with E-state index < -0.39 is 11.8 Å². The van der Waals surface area contributed by atoms with Crippen LogP contribution in [0.3, 0.4) is 0 Å². The van der Waals surface area contributed by atoms with Crippen molar-refractivity contribution in [2.75, 3.05) is 5.32 Å². The number of benzene rings is 2. The summed E-state index contributed by atoms with van der Waals surface area (Å²) in [5.74, 6) is -1.37. The molecule has 2 rings (SSSR count). The maximum Gasteiger partial charge on any atom is 0.271 e. The highest BCUT2D eigenvalue weighted by Crippen LogP contribution is 2.23. The smallest absolute Gasteiger partial charge is 0.271 e. The molecule has 0 spiro atoms. The molecular formula is C17H15Cl2N3O3. The Hall–Kier alpha value is -2.57. The Balaban J connectivity index is 2.18. The number of hydrogen-bond acceptors (Lipinski definition) is 3. The first kappa shape index (κ1) is 18.8. The van der Waals surface area contributed by atoms with E-state index in [1.54, 1.807) is 31.2 Å². The van der Waals surface area contributed by atoms with Gasteiger partial charge in [0.25, 0.3) is 11.8 Å². The summed E-state index contributed by atoms with van der Waals surface area (Å²) in [7, 11) is 0. The van der Waals surface area contributed by atoms with Gasteiger partial charge in [-0.1, -0.05) is 42.3 Å². The molecule has 8 heteroatoms. The van der Waals surface area contributed by atoms with E-state index in [9.17, 15) is 14.4 Å². The summed E-state index contributed by atoms with van der Waals surface area (Å²) in [5, 5.41) is 3.24. The number of halogens is 2. The predicted molar refractivity (Wildman–Crippen MR) is 96.8 cm³/mol. The highest BCUT2D eigenvalue weighted by Gasteiger charge is 2.16. The van der Waals surface area contributed by atoms with E-state index in [0.29, 0.717) is 5.02 Å². The molecule has 0 atom stereocenters. The Morgan fingerprint density at radius 1 is 0.920 bits per heavy atom. The zero-order valence-electron chi connectivity index (χ0n) is 13.2. The van der Waals surface area contributed by atoms with Gasteiger partial charge in [-0.25, -0.2) is 0 Å². The van der Waals surface area contributed by atoms with Crippen LogP contribution in [0.4, 0.5) is 5.69 Å². The molecule has 0 heterocycles. The van der Waals surface area contributed by atoms with Gasteiger partial charge in [0.05, 0.1) is 21.8 Å². The van der Waals surface area contributed by atoms with Gasteiger partial charge in [-0.2, -0.15) is 0 Å². The highest BCUT2D eigenvalue weighted by atomic mass is 35.5. The molecule has 3 N–H and O–H groups in total. The van der Waals surface area contributed by atoms with Gasteiger partial charge in [-0.05, 0) is 30.3 Å². The average Bonchev–Trinajstić information content (AvgIpc) is 2.59. The van der Waals surface area contributed by atoms with E-state index in [0.717, 1.165) is 0 Å². The molecular weight excluding hydrogens is 365 g/mol. The number of anilines is 1. The fourth-order valence-electron chi connectivity index (χ4n) is 1.94. The molecule has 2 aromatic carbocycles. The number of para-hydroxylation sites is 1. The van der Waals surface area contributed by atoms with E-state index in [1.807, 2.05) is 0 Å². The Labute approximate surface area is 154 Å². The molecule has 0 saturated carbocycles. The third-order valence-electron chi connectivity index (χ3n) is 3.23. The van der Waals surface area contributed by atoms with Crippen molar-refractivity contribution in [1.29, 1.82) is 0 Å². The Morgan fingerprint density at radius 3 is 2.32 bits per heavy atom. The van der Waals surface area contributed by atoms with E-state index in [2.05, 4.69) is 16.2 Å². The lowest BCUT2D eigenvalue weighted by atomic mass is 10.1. The molecule has 25 heavy (non-hydrogen) atoms. The molecule has 0 aliphatic heterocycles. The third kappa shape index (κ3) is 4.95. The van der Waals surface area contributed by atoms with Gasteiger partial charge in [-0.15, -0.1) is 0 Å². The van der Waals surface area contributed by atoms with Gasteiger partial charge in [-0.3, -0.25) is 25.2 Å². The zero-order valence-corrected chi connectivity index (χ0v) is 14.7. The van der Waals surface area contributed by atoms with Gasteiger partial charge in [0, 0.05) is 11.4 Å². The molecule has 0 radical (unpaired) electrons. The lowest BCUT2D eigenvalue weighted by molar-refractivity contribution is -0.121. The van der Waals surface area contributed by atoms with Crippen molar-refractivity contribution in [2.24, 2.45) is 0 Å². The Bertz CT molecular complexity index is 825. The molecule has 0 aliphatic rings. The van der Waals surface area contributed by atoms with Gasteiger partial charge in [0.1, 0.15) is 0 Å². The van der Waals surface area contributed by atoms with E-state index in [4.69, 9.17) is 23.2 Å². The number of rotatable bonds is 4. The molecule has 0 aliphatic carbocycles. The fourth-order valence-corrected chi connectivity index (χ4v) is 2.43. The van der Waals surface area contributed by atoms with E-state index in [1.165, 1.54) is 18.2 Å². The second kappa shape index (κ2) is 8.50. The molecule has 0 fully saturated rings. The van der Waals surface area contributed by atoms with Crippen LogP contribution in [0, 0.1) is 0 Å². The second-order valence-electron chi connectivity index (χ2n) is 4.98. The summed E-state index contributed by atoms with van der Waals surface area (Å²) in [5.41, 5.74) is 5.25. The Morgan fingerprint density at radius 2 is 1.64 bits per heavy atom. The lowest BCUT2D eigenvalue weighted by Gasteiger charge is -2.12. The minimum absolute atomic E-state index is 0.192. The SMILES string of the molecule is CCC(=O)NNC(=O)c1ccccc1NC(=O)c1ccc(Cl)cc1Cl. The van der Waals surface area contributed by atoms with Crippen LogP contribution in [0.25, 0.3) is 0 Å². The standard InChI is InChI=1S/C17H15Cl2N3O3/c1-2-15(23)21-22-17(25)12-5-3-4-6-14(12)20-16(24)11-8-7-10(18)9-13(11)19/h3-9H,2H2,1H3,(H,20,24)(H,21,23)(H,22,25). The van der Waals surface area contributed by atoms with Crippen molar-refractivity contribution < 1.29 is 14.4 Å². The number of amides is 3. The first-order valence-electron chi connectivity index (χ1n) is 7.37. The van der Waals surface area contributed by atoms with Crippen molar-refractivity contribution in [2.45, 2.75) is 13.3 Å². The van der Waals surface area contributed by atoms with Gasteiger partial charge in [0.2, 0.25) is 5.91 Å². The van der Waals surface area contributed by atoms with Crippen LogP contribution in [0.5, 0.6) is 0 Å². The topological polar surface area (TPSA) is 87.3 Å². The molecule has 3 amide bonds. The molecule has 0 bridgehead atoms. The monoisotopic (exact) mass is 379 g/mol. The van der Waals surface area contributed by atoms with Crippen molar-refractivity contribution in [3.05, 3.63) is 63.6 Å². The quantitative estimate of drug-likeness (QED) is 0.711. The van der Waals surface area contributed by atoms with Crippen molar-refractivity contribution in [3.63, 3.8) is 0 Å². The average molecular weight is 380 g/mol. The summed E-state index contributed by atoms with van der Waals surface area (Å²) in [6.07, 6.45) is 0.230. The van der Waals surface area contributed by atoms with Crippen LogP contribution in [0.1, 0.15) is 34.1 Å². The van der Waals surface area contributed by atoms with E-state index in [-0.39, 0.29) is 34.2 Å². The third-order valence-corrected chi connectivity index (χ3v) is 3.78. The van der Waals surface area contributed by atoms with Gasteiger partial charge in [0.15, 0.2) is 0 Å². The molecule has 0 unspecified atom stereocenters. The maximum absolute atomic E-state index is 12.4. The summed E-state index contributed by atoms with van der Waals surface area (Å²) >= 11 is 11.8. The van der Waals surface area contributed by atoms with Crippen molar-refractivity contribution in [1.82, 2.24) is 10.9 Å². The van der Waals surface area contributed by atoms with Crippen LogP contribution in [0.15, 0.2) is 42.5 Å². The molecule has 2 aromatic rings. The number of carbonyl (C=O) groups is 3. The van der Waals surface area contributed by atoms with Gasteiger partial charge >= 0.3 is 0 Å². The molecule has 0 aromatic heterocycles. The minimum Gasteiger partial charge on any atom is -0.321 e. The molecule has 0 saturated heterocycles. The number of hydrazine groups is 1. The van der Waals surface area contributed by atoms with Crippen LogP contribution < -0.4 is 16.2 Å². The van der Waals surface area contributed by atoms with Crippen LogP contribution in [-0.4, -0.2) is 17.7 Å². The van der Waals surface area contributed by atoms with Gasteiger partial charge < -0.3 is 5.32 Å².